The van der Waals surface area contributed by atoms with Crippen LogP contribution in [0.2, 0.25) is 0 Å². The van der Waals surface area contributed by atoms with Crippen LogP contribution in [0.25, 0.3) is 0 Å². The summed E-state index contributed by atoms with van der Waals surface area (Å²) in [5, 5.41) is 11.6. The second-order valence-corrected chi connectivity index (χ2v) is 4.82. The number of carbonyl (C=O) groups is 1. The van der Waals surface area contributed by atoms with Crippen molar-refractivity contribution < 1.29 is 14.6 Å². The van der Waals surface area contributed by atoms with Crippen molar-refractivity contribution >= 4 is 6.09 Å². The highest BCUT2D eigenvalue weighted by atomic mass is 16.5. The Balaban J connectivity index is 2.11. The van der Waals surface area contributed by atoms with Gasteiger partial charge in [0.2, 0.25) is 0 Å². The van der Waals surface area contributed by atoms with Crippen LogP contribution in [-0.4, -0.2) is 31.0 Å². The topological polar surface area (TPSA) is 58.6 Å². The van der Waals surface area contributed by atoms with Crippen LogP contribution in [0.1, 0.15) is 33.1 Å². The molecule has 0 spiro atoms. The average molecular weight is 215 g/mol. The summed E-state index contributed by atoms with van der Waals surface area (Å²) >= 11 is 0. The second-order valence-electron chi connectivity index (χ2n) is 4.82. The predicted octanol–water partition coefficient (Wildman–Crippen LogP) is 1.53. The average Bonchev–Trinajstić information content (AvgIpc) is 2.93. The lowest BCUT2D eigenvalue weighted by molar-refractivity contribution is 0.129. The van der Waals surface area contributed by atoms with Gasteiger partial charge in [-0.15, -0.1) is 0 Å². The second kappa shape index (κ2) is 5.35. The summed E-state index contributed by atoms with van der Waals surface area (Å²) in [6, 6.07) is 0. The highest BCUT2D eigenvalue weighted by Gasteiger charge is 2.41. The molecule has 0 aromatic heterocycles. The first-order chi connectivity index (χ1) is 7.08. The van der Waals surface area contributed by atoms with Crippen molar-refractivity contribution in [3.63, 3.8) is 0 Å². The molecule has 0 radical (unpaired) electrons. The van der Waals surface area contributed by atoms with Crippen LogP contribution in [-0.2, 0) is 4.74 Å². The van der Waals surface area contributed by atoms with E-state index in [1.807, 2.05) is 13.8 Å². The van der Waals surface area contributed by atoms with Gasteiger partial charge in [-0.2, -0.15) is 0 Å². The summed E-state index contributed by atoms with van der Waals surface area (Å²) in [5.41, 5.74) is 0.158. The van der Waals surface area contributed by atoms with Crippen molar-refractivity contribution in [2.45, 2.75) is 33.1 Å². The molecule has 15 heavy (non-hydrogen) atoms. The quantitative estimate of drug-likeness (QED) is 0.706. The van der Waals surface area contributed by atoms with Crippen LogP contribution in [0.15, 0.2) is 0 Å². The Kier molecular flexibility index (Phi) is 4.39. The van der Waals surface area contributed by atoms with Crippen molar-refractivity contribution in [3.05, 3.63) is 0 Å². The number of rotatable bonds is 6. The molecule has 0 heterocycles. The molecular weight excluding hydrogens is 194 g/mol. The zero-order chi connectivity index (χ0) is 11.3. The fourth-order valence-electron chi connectivity index (χ4n) is 1.48. The molecule has 1 fully saturated rings. The third kappa shape index (κ3) is 4.51. The van der Waals surface area contributed by atoms with Crippen LogP contribution in [0.3, 0.4) is 0 Å². The number of aliphatic hydroxyl groups is 1. The maximum Gasteiger partial charge on any atom is 0.407 e. The third-order valence-corrected chi connectivity index (χ3v) is 2.75. The minimum atomic E-state index is -0.340. The Bertz CT molecular complexity index is 212. The molecule has 0 atom stereocenters. The van der Waals surface area contributed by atoms with E-state index in [1.54, 1.807) is 0 Å². The number of aliphatic hydroxyl groups excluding tert-OH is 1. The van der Waals surface area contributed by atoms with Gasteiger partial charge in [0, 0.05) is 13.2 Å². The molecular formula is C11H21NO3. The van der Waals surface area contributed by atoms with E-state index in [4.69, 9.17) is 9.84 Å². The van der Waals surface area contributed by atoms with Gasteiger partial charge in [-0.3, -0.25) is 0 Å². The van der Waals surface area contributed by atoms with Crippen LogP contribution in [0, 0.1) is 11.3 Å². The summed E-state index contributed by atoms with van der Waals surface area (Å²) in [7, 11) is 0. The van der Waals surface area contributed by atoms with Gasteiger partial charge < -0.3 is 15.2 Å². The molecule has 0 aliphatic heterocycles. The molecule has 0 unspecified atom stereocenters. The number of alkyl carbamates (subject to hydrolysis) is 1. The van der Waals surface area contributed by atoms with Gasteiger partial charge in [0.05, 0.1) is 6.61 Å². The molecule has 1 saturated carbocycles. The van der Waals surface area contributed by atoms with Crippen molar-refractivity contribution in [1.29, 1.82) is 0 Å². The molecule has 0 bridgehead atoms. The summed E-state index contributed by atoms with van der Waals surface area (Å²) in [6.07, 6.45) is 2.63. The molecule has 4 heteroatoms. The fraction of sp³-hybridized carbons (Fsp3) is 0.909. The first-order valence-corrected chi connectivity index (χ1v) is 5.59. The molecule has 2 N–H and O–H groups in total. The fourth-order valence-corrected chi connectivity index (χ4v) is 1.48. The minimum Gasteiger partial charge on any atom is -0.449 e. The third-order valence-electron chi connectivity index (χ3n) is 2.75. The van der Waals surface area contributed by atoms with E-state index in [9.17, 15) is 4.79 Å². The molecule has 4 nitrogen and oxygen atoms in total. The lowest BCUT2D eigenvalue weighted by Crippen LogP contribution is -2.31. The van der Waals surface area contributed by atoms with E-state index < -0.39 is 0 Å². The number of carbonyl (C=O) groups excluding carboxylic acids is 1. The van der Waals surface area contributed by atoms with Gasteiger partial charge >= 0.3 is 6.09 Å². The molecule has 1 amide bonds. The van der Waals surface area contributed by atoms with Crippen LogP contribution in [0.5, 0.6) is 0 Å². The van der Waals surface area contributed by atoms with E-state index in [1.165, 1.54) is 0 Å². The lowest BCUT2D eigenvalue weighted by atomic mass is 10.0. The minimum absolute atomic E-state index is 0.158. The Morgan fingerprint density at radius 3 is 2.67 bits per heavy atom. The highest BCUT2D eigenvalue weighted by molar-refractivity contribution is 5.67. The predicted molar refractivity (Wildman–Crippen MR) is 57.6 cm³/mol. The van der Waals surface area contributed by atoms with Crippen LogP contribution in [0.4, 0.5) is 4.79 Å². The Labute approximate surface area is 91.0 Å². The van der Waals surface area contributed by atoms with Crippen molar-refractivity contribution in [2.24, 2.45) is 11.3 Å². The van der Waals surface area contributed by atoms with Crippen molar-refractivity contribution in [1.82, 2.24) is 5.32 Å². The summed E-state index contributed by atoms with van der Waals surface area (Å²) in [5.74, 6) is 0.364. The summed E-state index contributed by atoms with van der Waals surface area (Å²) in [4.78, 5) is 11.2. The van der Waals surface area contributed by atoms with E-state index >= 15 is 0 Å². The van der Waals surface area contributed by atoms with E-state index in [2.05, 4.69) is 5.32 Å². The number of amides is 1. The zero-order valence-electron chi connectivity index (χ0n) is 9.58. The van der Waals surface area contributed by atoms with Gasteiger partial charge in [0.25, 0.3) is 0 Å². The molecule has 1 aliphatic rings. The lowest BCUT2D eigenvalue weighted by Gasteiger charge is -2.15. The van der Waals surface area contributed by atoms with Crippen molar-refractivity contribution in [2.75, 3.05) is 19.8 Å². The normalized spacial score (nSPS) is 17.6. The number of nitrogens with one attached hydrogen (secondary N) is 1. The van der Waals surface area contributed by atoms with Gasteiger partial charge in [0.1, 0.15) is 0 Å². The number of hydrogen-bond acceptors (Lipinski definition) is 3. The molecule has 0 aromatic carbocycles. The van der Waals surface area contributed by atoms with Crippen molar-refractivity contribution in [3.8, 4) is 0 Å². The Morgan fingerprint density at radius 1 is 1.53 bits per heavy atom. The van der Waals surface area contributed by atoms with Crippen LogP contribution < -0.4 is 5.32 Å². The van der Waals surface area contributed by atoms with Crippen LogP contribution >= 0.6 is 0 Å². The Hall–Kier alpha value is -0.770. The molecule has 88 valence electrons. The van der Waals surface area contributed by atoms with E-state index in [0.717, 1.165) is 19.3 Å². The first kappa shape index (κ1) is 12.3. The maximum absolute atomic E-state index is 11.2. The van der Waals surface area contributed by atoms with Gasteiger partial charge in [0.15, 0.2) is 0 Å². The van der Waals surface area contributed by atoms with E-state index in [-0.39, 0.29) is 18.1 Å². The largest absolute Gasteiger partial charge is 0.449 e. The van der Waals surface area contributed by atoms with E-state index in [0.29, 0.717) is 19.1 Å². The molecule has 1 aliphatic carbocycles. The molecule has 0 saturated heterocycles. The SMILES string of the molecule is CC(C)COC(=O)NCC1(CCO)CC1. The Morgan fingerprint density at radius 2 is 2.20 bits per heavy atom. The maximum atomic E-state index is 11.2. The summed E-state index contributed by atoms with van der Waals surface area (Å²) in [6.45, 7) is 5.29. The van der Waals surface area contributed by atoms with Gasteiger partial charge in [-0.1, -0.05) is 13.8 Å². The highest BCUT2D eigenvalue weighted by Crippen LogP contribution is 2.47. The summed E-state index contributed by atoms with van der Waals surface area (Å²) < 4.78 is 4.99. The number of ether oxygens (including phenoxy) is 1. The molecule has 1 rings (SSSR count). The van der Waals surface area contributed by atoms with Gasteiger partial charge in [-0.25, -0.2) is 4.79 Å². The standard InChI is InChI=1S/C11H21NO3/c1-9(2)7-15-10(14)12-8-11(3-4-11)5-6-13/h9,13H,3-8H2,1-2H3,(H,12,14). The molecule has 0 aromatic rings. The first-order valence-electron chi connectivity index (χ1n) is 5.59. The monoisotopic (exact) mass is 215 g/mol. The van der Waals surface area contributed by atoms with Gasteiger partial charge in [-0.05, 0) is 30.6 Å². The number of hydrogen-bond donors (Lipinski definition) is 2. The zero-order valence-corrected chi connectivity index (χ0v) is 9.58. The smallest absolute Gasteiger partial charge is 0.407 e.